The molecule has 3 heterocycles. The number of carbonyl (C=O) groups is 2. The number of aryl methyl sites for hydroxylation is 3. The second kappa shape index (κ2) is 7.03. The van der Waals surface area contributed by atoms with E-state index in [0.717, 1.165) is 27.1 Å². The van der Waals surface area contributed by atoms with Crippen molar-refractivity contribution in [1.82, 2.24) is 10.3 Å². The van der Waals surface area contributed by atoms with Crippen molar-refractivity contribution in [3.8, 4) is 17.1 Å². The van der Waals surface area contributed by atoms with Crippen LogP contribution in [-0.2, 0) is 7.05 Å². The van der Waals surface area contributed by atoms with E-state index in [1.165, 1.54) is 14.0 Å². The van der Waals surface area contributed by atoms with E-state index in [4.69, 9.17) is 5.73 Å². The first-order valence-corrected chi connectivity index (χ1v) is 9.90. The summed E-state index contributed by atoms with van der Waals surface area (Å²) in [5.74, 6) is -1.59. The van der Waals surface area contributed by atoms with Gasteiger partial charge in [0.25, 0.3) is 5.78 Å². The minimum Gasteiger partial charge on any atom is -0.539 e. The van der Waals surface area contributed by atoms with Gasteiger partial charge in [0.2, 0.25) is 0 Å². The standard InChI is InChI=1S/C21H18N4O4S/c1-9-6-5-7-12(8-9)14-13(11(3)26)10(2)23-20-15(14)16(22)19(30-20)18(27)17-21(28)29-24-25(17)4/h5-8H,1-4H3,(H2-,22,24,27,28). The normalized spacial score (nSPS) is 11.2. The number of ketones is 2. The quantitative estimate of drug-likeness (QED) is 0.395. The highest BCUT2D eigenvalue weighted by Gasteiger charge is 2.31. The van der Waals surface area contributed by atoms with Crippen LogP contribution in [0, 0.1) is 13.8 Å². The number of rotatable bonds is 4. The molecule has 0 unspecified atom stereocenters. The van der Waals surface area contributed by atoms with Crippen molar-refractivity contribution in [1.29, 1.82) is 0 Å². The summed E-state index contributed by atoms with van der Waals surface area (Å²) in [6.45, 7) is 5.18. The molecule has 0 aliphatic carbocycles. The number of pyridine rings is 1. The minimum absolute atomic E-state index is 0.149. The number of nitrogens with two attached hydrogens (primary N) is 1. The van der Waals surface area contributed by atoms with Crippen molar-refractivity contribution in [2.45, 2.75) is 20.8 Å². The summed E-state index contributed by atoms with van der Waals surface area (Å²) in [6, 6.07) is 7.69. The van der Waals surface area contributed by atoms with E-state index in [9.17, 15) is 14.7 Å². The molecule has 2 N–H and O–H groups in total. The van der Waals surface area contributed by atoms with Crippen LogP contribution in [0.3, 0.4) is 0 Å². The Balaban J connectivity index is 2.08. The van der Waals surface area contributed by atoms with Crippen LogP contribution in [-0.4, -0.2) is 21.8 Å². The highest BCUT2D eigenvalue weighted by Crippen LogP contribution is 2.43. The molecule has 0 spiro atoms. The average Bonchev–Trinajstić information content (AvgIpc) is 3.18. The number of hydrogen-bond acceptors (Lipinski definition) is 8. The van der Waals surface area contributed by atoms with Gasteiger partial charge in [0.1, 0.15) is 9.71 Å². The number of Topliss-reactive ketones (excluding diaryl/α,β-unsaturated/α-hetero) is 1. The van der Waals surface area contributed by atoms with Crippen molar-refractivity contribution in [3.63, 3.8) is 0 Å². The van der Waals surface area contributed by atoms with Crippen LogP contribution >= 0.6 is 11.3 Å². The number of fused-ring (bicyclic) bond motifs is 1. The Morgan fingerprint density at radius 1 is 1.27 bits per heavy atom. The van der Waals surface area contributed by atoms with Gasteiger partial charge in [-0.05, 0) is 26.3 Å². The monoisotopic (exact) mass is 422 g/mol. The summed E-state index contributed by atoms with van der Waals surface area (Å²) in [5, 5.41) is 15.9. The van der Waals surface area contributed by atoms with E-state index in [-0.39, 0.29) is 22.0 Å². The number of nitrogens with zero attached hydrogens (tertiary/aromatic N) is 3. The molecular weight excluding hydrogens is 404 g/mol. The molecule has 0 saturated heterocycles. The molecule has 0 atom stereocenters. The van der Waals surface area contributed by atoms with Crippen LogP contribution in [0.5, 0.6) is 5.95 Å². The number of benzene rings is 1. The van der Waals surface area contributed by atoms with Gasteiger partial charge < -0.3 is 15.4 Å². The van der Waals surface area contributed by atoms with E-state index in [0.29, 0.717) is 27.0 Å². The Labute approximate surface area is 175 Å². The molecule has 4 aromatic rings. The first-order chi connectivity index (χ1) is 14.2. The maximum absolute atomic E-state index is 13.1. The molecule has 0 saturated carbocycles. The maximum atomic E-state index is 13.1. The van der Waals surface area contributed by atoms with Crippen molar-refractivity contribution in [2.75, 3.05) is 5.73 Å². The molecule has 152 valence electrons. The number of carbonyl (C=O) groups excluding carboxylic acids is 2. The van der Waals surface area contributed by atoms with Crippen LogP contribution < -0.4 is 15.5 Å². The molecule has 0 amide bonds. The lowest BCUT2D eigenvalue weighted by Gasteiger charge is -2.13. The van der Waals surface area contributed by atoms with Crippen molar-refractivity contribution in [3.05, 3.63) is 51.7 Å². The molecule has 3 aromatic heterocycles. The number of nitrogen functional groups attached to an aromatic ring is 1. The fourth-order valence-corrected chi connectivity index (χ4v) is 4.71. The molecular formula is C21H18N4O4S. The van der Waals surface area contributed by atoms with Crippen LogP contribution in [0.15, 0.2) is 28.8 Å². The summed E-state index contributed by atoms with van der Waals surface area (Å²) in [4.78, 5) is 30.8. The van der Waals surface area contributed by atoms with Gasteiger partial charge in [0.05, 0.1) is 16.7 Å². The van der Waals surface area contributed by atoms with Gasteiger partial charge in [0.15, 0.2) is 18.8 Å². The molecule has 4 rings (SSSR count). The van der Waals surface area contributed by atoms with E-state index in [2.05, 4.69) is 14.8 Å². The fourth-order valence-electron chi connectivity index (χ4n) is 3.62. The van der Waals surface area contributed by atoms with Gasteiger partial charge in [-0.3, -0.25) is 9.59 Å². The predicted molar refractivity (Wildman–Crippen MR) is 110 cm³/mol. The van der Waals surface area contributed by atoms with Gasteiger partial charge in [-0.2, -0.15) is 0 Å². The molecule has 30 heavy (non-hydrogen) atoms. The van der Waals surface area contributed by atoms with Crippen molar-refractivity contribution in [2.24, 2.45) is 7.05 Å². The lowest BCUT2D eigenvalue weighted by atomic mass is 9.92. The Morgan fingerprint density at radius 2 is 2.00 bits per heavy atom. The molecule has 0 radical (unpaired) electrons. The Bertz CT molecular complexity index is 1330. The SMILES string of the molecule is CC(=O)c1c(C)nc2sc(C(=O)c3c([O-])on[n+]3C)c(N)c2c1-c1cccc(C)c1. The average molecular weight is 422 g/mol. The zero-order chi connectivity index (χ0) is 21.7. The number of thiophene rings is 1. The third-order valence-electron chi connectivity index (χ3n) is 4.90. The highest BCUT2D eigenvalue weighted by atomic mass is 32.1. The van der Waals surface area contributed by atoms with Gasteiger partial charge in [-0.15, -0.1) is 11.3 Å². The van der Waals surface area contributed by atoms with Crippen molar-refractivity contribution >= 4 is 38.8 Å². The molecule has 1 aromatic carbocycles. The fraction of sp³-hybridized carbons (Fsp3) is 0.190. The first kappa shape index (κ1) is 19.7. The molecule has 0 aliphatic heterocycles. The zero-order valence-electron chi connectivity index (χ0n) is 16.8. The number of anilines is 1. The summed E-state index contributed by atoms with van der Waals surface area (Å²) >= 11 is 1.08. The van der Waals surface area contributed by atoms with Crippen molar-refractivity contribution < 1.29 is 23.9 Å². The van der Waals surface area contributed by atoms with Gasteiger partial charge in [-0.1, -0.05) is 34.5 Å². The van der Waals surface area contributed by atoms with E-state index in [1.807, 2.05) is 31.2 Å². The molecule has 9 heteroatoms. The molecule has 0 fully saturated rings. The van der Waals surface area contributed by atoms with E-state index < -0.39 is 11.7 Å². The third kappa shape index (κ3) is 2.94. The largest absolute Gasteiger partial charge is 0.539 e. The third-order valence-corrected chi connectivity index (χ3v) is 6.00. The van der Waals surface area contributed by atoms with Gasteiger partial charge in [0, 0.05) is 16.5 Å². The number of hydrogen-bond donors (Lipinski definition) is 1. The lowest BCUT2D eigenvalue weighted by molar-refractivity contribution is -0.741. The Hall–Kier alpha value is -3.59. The summed E-state index contributed by atoms with van der Waals surface area (Å²) in [5.41, 5.74) is 9.82. The zero-order valence-corrected chi connectivity index (χ0v) is 17.6. The smallest absolute Gasteiger partial charge is 0.305 e. The Kier molecular flexibility index (Phi) is 4.62. The van der Waals surface area contributed by atoms with Crippen LogP contribution in [0.25, 0.3) is 21.3 Å². The maximum Gasteiger partial charge on any atom is 0.305 e. The Morgan fingerprint density at radius 3 is 2.60 bits per heavy atom. The topological polar surface area (TPSA) is 126 Å². The van der Waals surface area contributed by atoms with Crippen LogP contribution in [0.4, 0.5) is 5.69 Å². The molecule has 0 aliphatic rings. The molecule has 0 bridgehead atoms. The minimum atomic E-state index is -0.841. The molecule has 8 nitrogen and oxygen atoms in total. The summed E-state index contributed by atoms with van der Waals surface area (Å²) in [7, 11) is 1.44. The predicted octanol–water partition coefficient (Wildman–Crippen LogP) is 2.48. The van der Waals surface area contributed by atoms with Crippen LogP contribution in [0.2, 0.25) is 0 Å². The van der Waals surface area contributed by atoms with Gasteiger partial charge >= 0.3 is 5.69 Å². The van der Waals surface area contributed by atoms with Gasteiger partial charge in [-0.25, -0.2) is 4.98 Å². The second-order valence-electron chi connectivity index (χ2n) is 7.06. The van der Waals surface area contributed by atoms with E-state index >= 15 is 0 Å². The highest BCUT2D eigenvalue weighted by molar-refractivity contribution is 7.21. The van der Waals surface area contributed by atoms with E-state index in [1.54, 1.807) is 6.92 Å². The second-order valence-corrected chi connectivity index (χ2v) is 8.06. The lowest BCUT2D eigenvalue weighted by Crippen LogP contribution is -2.37. The van der Waals surface area contributed by atoms with Crippen LogP contribution in [0.1, 0.15) is 43.9 Å². The number of aromatic nitrogens is 3. The summed E-state index contributed by atoms with van der Waals surface area (Å²) in [6.07, 6.45) is 0. The summed E-state index contributed by atoms with van der Waals surface area (Å²) < 4.78 is 5.65. The first-order valence-electron chi connectivity index (χ1n) is 9.09.